The molecule has 0 aliphatic heterocycles. The van der Waals surface area contributed by atoms with Gasteiger partial charge in [0.05, 0.1) is 0 Å². The van der Waals surface area contributed by atoms with Gasteiger partial charge in [0.1, 0.15) is 0 Å². The molecule has 0 fully saturated rings. The minimum atomic E-state index is -8.92. The van der Waals surface area contributed by atoms with Crippen molar-refractivity contribution in [3.63, 3.8) is 0 Å². The van der Waals surface area contributed by atoms with Crippen LogP contribution in [0.2, 0.25) is 0 Å². The summed E-state index contributed by atoms with van der Waals surface area (Å²) in [4.78, 5) is 0. The summed E-state index contributed by atoms with van der Waals surface area (Å²) in [5.74, 6) is -52.1. The molecule has 0 bridgehead atoms. The summed E-state index contributed by atoms with van der Waals surface area (Å²) in [6, 6.07) is 19.7. The lowest BCUT2D eigenvalue weighted by Crippen LogP contribution is -3.61. The molecule has 0 aromatic heterocycles. The average molecular weight is 836 g/mol. The second kappa shape index (κ2) is 12.7. The number of hydrogen-bond donors (Lipinski definition) is 0. The van der Waals surface area contributed by atoms with Crippen molar-refractivity contribution in [2.45, 2.75) is 73.2 Å². The minimum absolute atomic E-state index is 0.0589. The Hall–Kier alpha value is -2.11. The van der Waals surface area contributed by atoms with Crippen LogP contribution in [-0.2, 0) is 15.5 Å². The van der Waals surface area contributed by atoms with Crippen LogP contribution >= 0.6 is 0 Å². The Morgan fingerprint density at radius 3 is 1.24 bits per heavy atom. The third-order valence-corrected chi connectivity index (χ3v) is 9.38. The molecule has 0 N–H and O–H groups in total. The Morgan fingerprint density at radius 2 is 0.870 bits per heavy atom. The minimum Gasteiger partial charge on any atom is -0.743 e. The molecule has 2 aromatic rings. The van der Waals surface area contributed by atoms with Crippen LogP contribution in [0.5, 0.6) is 0 Å². The van der Waals surface area contributed by atoms with E-state index in [2.05, 4.69) is 75.4 Å². The molecule has 264 valence electrons. The lowest BCUT2D eigenvalue weighted by atomic mass is 9.87. The van der Waals surface area contributed by atoms with Crippen molar-refractivity contribution in [2.24, 2.45) is 0 Å². The van der Waals surface area contributed by atoms with E-state index >= 15 is 0 Å². The summed E-state index contributed by atoms with van der Waals surface area (Å²) < 4.78 is 247. The maximum Gasteiger partial charge on any atom is 0.460 e. The van der Waals surface area contributed by atoms with Gasteiger partial charge in [0, 0.05) is 5.56 Å². The first kappa shape index (κ1) is 41.9. The van der Waals surface area contributed by atoms with Gasteiger partial charge in [0.25, 0.3) is 0 Å². The number of benzene rings is 2. The van der Waals surface area contributed by atoms with E-state index in [-0.39, 0.29) is 26.6 Å². The van der Waals surface area contributed by atoms with E-state index in [0.29, 0.717) is 0 Å². The van der Waals surface area contributed by atoms with Gasteiger partial charge >= 0.3 is 68.2 Å². The van der Waals surface area contributed by atoms with Gasteiger partial charge in [-0.2, -0.15) is 74.6 Å². The maximum atomic E-state index is 13.0. The van der Waals surface area contributed by atoms with Crippen LogP contribution < -0.4 is 21.2 Å². The second-order valence-electron chi connectivity index (χ2n) is 10.0. The third-order valence-electron chi connectivity index (χ3n) is 5.63. The number of rotatable bonds is 9. The Bertz CT molecular complexity index is 1450. The maximum absolute atomic E-state index is 13.0. The Kier molecular flexibility index (Phi) is 11.6. The van der Waals surface area contributed by atoms with Gasteiger partial charge in [-0.25, -0.2) is 8.42 Å². The number of alkyl halides is 17. The van der Waals surface area contributed by atoms with Gasteiger partial charge in [0.2, 0.25) is 0 Å². The Labute approximate surface area is 259 Å². The van der Waals surface area contributed by atoms with E-state index in [4.69, 9.17) is 0 Å². The van der Waals surface area contributed by atoms with Crippen molar-refractivity contribution in [3.8, 4) is 0 Å². The van der Waals surface area contributed by atoms with Crippen LogP contribution in [0.25, 0.3) is 0 Å². The summed E-state index contributed by atoms with van der Waals surface area (Å²) in [5, 5.41) is -7.95. The molecule has 0 aliphatic rings. The van der Waals surface area contributed by atoms with Gasteiger partial charge in [-0.05, 0) is 23.6 Å². The van der Waals surface area contributed by atoms with Crippen LogP contribution in [0.1, 0.15) is 26.3 Å². The van der Waals surface area contributed by atoms with Crippen LogP contribution in [0, 0.1) is 7.14 Å². The summed E-state index contributed by atoms with van der Waals surface area (Å²) in [6.07, 6.45) is -7.89. The van der Waals surface area contributed by atoms with Crippen molar-refractivity contribution in [1.29, 1.82) is 0 Å². The van der Waals surface area contributed by atoms with Crippen molar-refractivity contribution >= 4 is 10.1 Å². The first-order valence-corrected chi connectivity index (χ1v) is 15.1. The van der Waals surface area contributed by atoms with Crippen molar-refractivity contribution < 1.29 is 109 Å². The molecule has 46 heavy (non-hydrogen) atoms. The van der Waals surface area contributed by atoms with Gasteiger partial charge in [-0.1, -0.05) is 57.2 Å². The van der Waals surface area contributed by atoms with Crippen LogP contribution in [-0.4, -0.2) is 59.9 Å². The molecule has 0 heterocycles. The molecule has 0 saturated heterocycles. The lowest BCUT2D eigenvalue weighted by molar-refractivity contribution is -0.598. The van der Waals surface area contributed by atoms with E-state index < -0.39 is 57.1 Å². The standard InChI is InChI=1S/C16H18I.C8HF17O3S/c1-16(2,3)14-11-7-8-12-15(14)17-13-9-5-4-6-10-13;9-1(10,3(13,14)5(17,18)7(21,22)23)2(11,12)4(15,16)6(19,20)8(24,25)29(26,27)28/h4-12H,1-3H3;(H,26,27,28)/q+1;/p-1. The summed E-state index contributed by atoms with van der Waals surface area (Å²) in [5.41, 5.74) is 1.74. The summed E-state index contributed by atoms with van der Waals surface area (Å²) in [7, 11) is -8.14. The van der Waals surface area contributed by atoms with Gasteiger partial charge in [0.15, 0.2) is 17.3 Å². The van der Waals surface area contributed by atoms with Crippen LogP contribution in [0.3, 0.4) is 0 Å². The highest BCUT2D eigenvalue weighted by molar-refractivity contribution is 7.86. The second-order valence-corrected chi connectivity index (χ2v) is 14.4. The number of halogens is 18. The molecular weight excluding hydrogens is 818 g/mol. The topological polar surface area (TPSA) is 57.2 Å². The fourth-order valence-corrected chi connectivity index (χ4v) is 6.61. The van der Waals surface area contributed by atoms with Gasteiger partial charge < -0.3 is 4.55 Å². The quantitative estimate of drug-likeness (QED) is 0.188. The highest BCUT2D eigenvalue weighted by Gasteiger charge is 2.95. The summed E-state index contributed by atoms with van der Waals surface area (Å²) >= 11 is -0.0589. The van der Waals surface area contributed by atoms with E-state index in [1.807, 2.05) is 0 Å². The average Bonchev–Trinajstić information content (AvgIpc) is 2.87. The zero-order valence-corrected chi connectivity index (χ0v) is 25.6. The van der Waals surface area contributed by atoms with Crippen LogP contribution in [0.15, 0.2) is 54.6 Å². The van der Waals surface area contributed by atoms with Gasteiger partial charge in [-0.3, -0.25) is 0 Å². The molecule has 2 aromatic carbocycles. The van der Waals surface area contributed by atoms with E-state index in [0.717, 1.165) is 0 Å². The molecule has 0 spiro atoms. The predicted molar refractivity (Wildman–Crippen MR) is 119 cm³/mol. The first-order chi connectivity index (χ1) is 20.1. The SMILES string of the molecule is CC(C)(C)c1ccccc1[I+]c1ccccc1.O=S(=O)([O-])C(F)(F)C(F)(F)C(F)(F)C(F)(F)C(F)(F)C(F)(F)C(F)(F)C(F)(F)F. The highest BCUT2D eigenvalue weighted by Crippen LogP contribution is 2.64. The highest BCUT2D eigenvalue weighted by atomic mass is 127. The fourth-order valence-electron chi connectivity index (χ4n) is 3.05. The van der Waals surface area contributed by atoms with E-state index in [1.54, 1.807) is 3.57 Å². The molecule has 0 aliphatic carbocycles. The molecule has 0 saturated carbocycles. The molecule has 0 amide bonds. The zero-order valence-electron chi connectivity index (χ0n) is 22.6. The smallest absolute Gasteiger partial charge is 0.460 e. The van der Waals surface area contributed by atoms with Crippen molar-refractivity contribution in [2.75, 3.05) is 0 Å². The molecule has 3 nitrogen and oxygen atoms in total. The largest absolute Gasteiger partial charge is 0.743 e. The monoisotopic (exact) mass is 836 g/mol. The van der Waals surface area contributed by atoms with E-state index in [1.165, 1.54) is 9.13 Å². The van der Waals surface area contributed by atoms with Crippen molar-refractivity contribution in [3.05, 3.63) is 67.3 Å². The Morgan fingerprint density at radius 1 is 0.522 bits per heavy atom. The fraction of sp³-hybridized carbons (Fsp3) is 0.500. The molecule has 2 rings (SSSR count). The molecule has 0 unspecified atom stereocenters. The lowest BCUT2D eigenvalue weighted by Gasteiger charge is -2.42. The van der Waals surface area contributed by atoms with Crippen molar-refractivity contribution in [1.82, 2.24) is 0 Å². The van der Waals surface area contributed by atoms with E-state index in [9.17, 15) is 87.6 Å². The molecule has 22 heteroatoms. The molecule has 0 radical (unpaired) electrons. The molecular formula is C24H18F17IO3S. The predicted octanol–water partition coefficient (Wildman–Crippen LogP) is 5.61. The Balaban J connectivity index is 0.000000522. The zero-order chi connectivity index (χ0) is 36.8. The summed E-state index contributed by atoms with van der Waals surface area (Å²) in [6.45, 7) is 6.88. The van der Waals surface area contributed by atoms with Crippen LogP contribution in [0.4, 0.5) is 74.6 Å². The molecule has 0 atom stereocenters. The number of hydrogen-bond acceptors (Lipinski definition) is 3. The normalized spacial score (nSPS) is 14.9. The third kappa shape index (κ3) is 7.16. The van der Waals surface area contributed by atoms with Gasteiger partial charge in [-0.15, -0.1) is 0 Å². The first-order valence-electron chi connectivity index (χ1n) is 11.5.